The molecule has 0 radical (unpaired) electrons. The third-order valence-corrected chi connectivity index (χ3v) is 5.11. The standard InChI is InChI=1S/C19H23ClFNO3/c1-12-5-3-8-17(13(12)2)22-18(23)11-25-19(24)10-9-14-15(20)6-4-7-16(14)21/h4,6-7,9-10,12-13,17H,3,5,8,11H2,1-2H3,(H,22,23)/b10-9+/t12-,13+,17+/m0/s1. The van der Waals surface area contributed by atoms with Crippen molar-refractivity contribution in [3.63, 3.8) is 0 Å². The minimum Gasteiger partial charge on any atom is -0.452 e. The van der Waals surface area contributed by atoms with Crippen LogP contribution in [0.25, 0.3) is 6.08 Å². The Morgan fingerprint density at radius 1 is 1.36 bits per heavy atom. The molecule has 136 valence electrons. The van der Waals surface area contributed by atoms with Gasteiger partial charge in [0.05, 0.1) is 5.02 Å². The number of nitrogens with one attached hydrogen (secondary N) is 1. The number of benzene rings is 1. The van der Waals surface area contributed by atoms with Gasteiger partial charge in [0.25, 0.3) is 5.91 Å². The van der Waals surface area contributed by atoms with E-state index in [0.29, 0.717) is 11.8 Å². The fourth-order valence-electron chi connectivity index (χ4n) is 3.04. The van der Waals surface area contributed by atoms with Crippen molar-refractivity contribution in [3.05, 3.63) is 40.7 Å². The predicted octanol–water partition coefficient (Wildman–Crippen LogP) is 3.98. The predicted molar refractivity (Wildman–Crippen MR) is 95.5 cm³/mol. The molecule has 1 aromatic carbocycles. The van der Waals surface area contributed by atoms with Crippen LogP contribution in [0.4, 0.5) is 4.39 Å². The zero-order valence-electron chi connectivity index (χ0n) is 14.4. The molecule has 1 saturated carbocycles. The largest absolute Gasteiger partial charge is 0.452 e. The summed E-state index contributed by atoms with van der Waals surface area (Å²) in [4.78, 5) is 23.7. The third kappa shape index (κ3) is 5.56. The smallest absolute Gasteiger partial charge is 0.331 e. The summed E-state index contributed by atoms with van der Waals surface area (Å²) < 4.78 is 18.5. The topological polar surface area (TPSA) is 55.4 Å². The van der Waals surface area contributed by atoms with Gasteiger partial charge < -0.3 is 10.1 Å². The first-order valence-corrected chi connectivity index (χ1v) is 8.84. The Bertz CT molecular complexity index is 642. The van der Waals surface area contributed by atoms with Crippen LogP contribution in [-0.2, 0) is 14.3 Å². The molecule has 6 heteroatoms. The zero-order chi connectivity index (χ0) is 18.4. The number of hydrogen-bond donors (Lipinski definition) is 1. The first-order chi connectivity index (χ1) is 11.9. The first kappa shape index (κ1) is 19.4. The van der Waals surface area contributed by atoms with Gasteiger partial charge in [0.2, 0.25) is 0 Å². The highest BCUT2D eigenvalue weighted by Gasteiger charge is 2.28. The quantitative estimate of drug-likeness (QED) is 0.632. The summed E-state index contributed by atoms with van der Waals surface area (Å²) >= 11 is 5.87. The van der Waals surface area contributed by atoms with Gasteiger partial charge in [0.1, 0.15) is 5.82 Å². The van der Waals surface area contributed by atoms with Crippen LogP contribution in [-0.4, -0.2) is 24.5 Å². The summed E-state index contributed by atoms with van der Waals surface area (Å²) in [7, 11) is 0. The van der Waals surface area contributed by atoms with E-state index in [0.717, 1.165) is 18.9 Å². The van der Waals surface area contributed by atoms with Gasteiger partial charge >= 0.3 is 5.97 Å². The van der Waals surface area contributed by atoms with Gasteiger partial charge in [-0.2, -0.15) is 0 Å². The second-order valence-electron chi connectivity index (χ2n) is 6.52. The van der Waals surface area contributed by atoms with Crippen molar-refractivity contribution >= 4 is 29.6 Å². The van der Waals surface area contributed by atoms with Crippen LogP contribution in [0.3, 0.4) is 0 Å². The molecular weight excluding hydrogens is 345 g/mol. The zero-order valence-corrected chi connectivity index (χ0v) is 15.2. The third-order valence-electron chi connectivity index (χ3n) is 4.78. The molecule has 0 heterocycles. The summed E-state index contributed by atoms with van der Waals surface area (Å²) in [5, 5.41) is 3.12. The van der Waals surface area contributed by atoms with Gasteiger partial charge in [0.15, 0.2) is 6.61 Å². The summed E-state index contributed by atoms with van der Waals surface area (Å²) in [5.74, 6) is -0.614. The van der Waals surface area contributed by atoms with Crippen LogP contribution in [0.5, 0.6) is 0 Å². The molecular formula is C19H23ClFNO3. The molecule has 25 heavy (non-hydrogen) atoms. The highest BCUT2D eigenvalue weighted by atomic mass is 35.5. The van der Waals surface area contributed by atoms with Gasteiger partial charge in [0, 0.05) is 17.7 Å². The van der Waals surface area contributed by atoms with E-state index in [1.54, 1.807) is 0 Å². The molecule has 0 aliphatic heterocycles. The average molecular weight is 368 g/mol. The first-order valence-electron chi connectivity index (χ1n) is 8.46. The number of ether oxygens (including phenoxy) is 1. The summed E-state index contributed by atoms with van der Waals surface area (Å²) in [5.41, 5.74) is 0.107. The van der Waals surface area contributed by atoms with Crippen molar-refractivity contribution in [1.82, 2.24) is 5.32 Å². The van der Waals surface area contributed by atoms with E-state index in [2.05, 4.69) is 19.2 Å². The number of esters is 1. The second-order valence-corrected chi connectivity index (χ2v) is 6.92. The maximum absolute atomic E-state index is 13.6. The molecule has 1 amide bonds. The van der Waals surface area contributed by atoms with Crippen molar-refractivity contribution in [2.24, 2.45) is 11.8 Å². The molecule has 0 unspecified atom stereocenters. The van der Waals surface area contributed by atoms with E-state index < -0.39 is 11.8 Å². The van der Waals surface area contributed by atoms with Gasteiger partial charge in [-0.25, -0.2) is 9.18 Å². The minimum absolute atomic E-state index is 0.107. The Morgan fingerprint density at radius 2 is 2.12 bits per heavy atom. The molecule has 1 aliphatic carbocycles. The van der Waals surface area contributed by atoms with Crippen LogP contribution in [0.2, 0.25) is 5.02 Å². The molecule has 1 aliphatic rings. The van der Waals surface area contributed by atoms with Crippen LogP contribution in [0.1, 0.15) is 38.7 Å². The lowest BCUT2D eigenvalue weighted by atomic mass is 9.78. The Hall–Kier alpha value is -1.88. The highest BCUT2D eigenvalue weighted by Crippen LogP contribution is 2.29. The molecule has 0 aromatic heterocycles. The summed E-state index contributed by atoms with van der Waals surface area (Å²) in [6, 6.07) is 4.36. The SMILES string of the molecule is C[C@@H]1[C@@H](C)CCC[C@H]1NC(=O)COC(=O)/C=C/c1c(F)cccc1Cl. The molecule has 1 N–H and O–H groups in total. The van der Waals surface area contributed by atoms with Gasteiger partial charge in [-0.05, 0) is 36.5 Å². The molecule has 4 nitrogen and oxygen atoms in total. The van der Waals surface area contributed by atoms with E-state index >= 15 is 0 Å². The lowest BCUT2D eigenvalue weighted by Gasteiger charge is -2.34. The van der Waals surface area contributed by atoms with Crippen molar-refractivity contribution in [2.75, 3.05) is 6.61 Å². The Morgan fingerprint density at radius 3 is 2.84 bits per heavy atom. The lowest BCUT2D eigenvalue weighted by molar-refractivity contribution is -0.144. The fraction of sp³-hybridized carbons (Fsp3) is 0.474. The molecule has 0 spiro atoms. The van der Waals surface area contributed by atoms with E-state index in [1.165, 1.54) is 30.7 Å². The Balaban J connectivity index is 1.81. The monoisotopic (exact) mass is 367 g/mol. The van der Waals surface area contributed by atoms with Crippen LogP contribution in [0, 0.1) is 17.7 Å². The highest BCUT2D eigenvalue weighted by molar-refractivity contribution is 6.32. The van der Waals surface area contributed by atoms with Crippen LogP contribution in [0.15, 0.2) is 24.3 Å². The number of rotatable bonds is 5. The van der Waals surface area contributed by atoms with Crippen LogP contribution < -0.4 is 5.32 Å². The van der Waals surface area contributed by atoms with Crippen molar-refractivity contribution in [3.8, 4) is 0 Å². The summed E-state index contributed by atoms with van der Waals surface area (Å²) in [6.07, 6.45) is 5.50. The maximum atomic E-state index is 13.6. The molecule has 2 rings (SSSR count). The van der Waals surface area contributed by atoms with E-state index in [1.807, 2.05) is 0 Å². The molecule has 0 saturated heterocycles. The molecule has 0 bridgehead atoms. The molecule has 3 atom stereocenters. The number of carbonyl (C=O) groups excluding carboxylic acids is 2. The van der Waals surface area contributed by atoms with E-state index in [9.17, 15) is 14.0 Å². The molecule has 1 fully saturated rings. The minimum atomic E-state index is -0.723. The molecule has 1 aromatic rings. The number of halogens is 2. The van der Waals surface area contributed by atoms with Gasteiger partial charge in [-0.3, -0.25) is 4.79 Å². The average Bonchev–Trinajstić information content (AvgIpc) is 2.57. The second kappa shape index (κ2) is 8.99. The van der Waals surface area contributed by atoms with Gasteiger partial charge in [-0.1, -0.05) is 44.4 Å². The van der Waals surface area contributed by atoms with Gasteiger partial charge in [-0.15, -0.1) is 0 Å². The number of hydrogen-bond acceptors (Lipinski definition) is 3. The van der Waals surface area contributed by atoms with Crippen LogP contribution >= 0.6 is 11.6 Å². The maximum Gasteiger partial charge on any atom is 0.331 e. The van der Waals surface area contributed by atoms with Crippen molar-refractivity contribution < 1.29 is 18.7 Å². The Kier molecular flexibility index (Phi) is 7.00. The Labute approximate surface area is 152 Å². The summed E-state index contributed by atoms with van der Waals surface area (Å²) in [6.45, 7) is 3.95. The van der Waals surface area contributed by atoms with Crippen molar-refractivity contribution in [1.29, 1.82) is 0 Å². The number of amides is 1. The van der Waals surface area contributed by atoms with Crippen molar-refractivity contribution in [2.45, 2.75) is 39.2 Å². The fourth-order valence-corrected chi connectivity index (χ4v) is 3.27. The normalized spacial score (nSPS) is 23.4. The lowest BCUT2D eigenvalue weighted by Crippen LogP contribution is -2.45. The van der Waals surface area contributed by atoms with E-state index in [4.69, 9.17) is 16.3 Å². The number of carbonyl (C=O) groups is 2. The van der Waals surface area contributed by atoms with E-state index in [-0.39, 0.29) is 29.1 Å².